The molecule has 0 aliphatic carbocycles. The van der Waals surface area contributed by atoms with Gasteiger partial charge in [-0.2, -0.15) is 5.26 Å². The highest BCUT2D eigenvalue weighted by Crippen LogP contribution is 2.30. The number of benzene rings is 1. The fourth-order valence-corrected chi connectivity index (χ4v) is 2.19. The first-order valence-corrected chi connectivity index (χ1v) is 5.16. The van der Waals surface area contributed by atoms with Gasteiger partial charge in [0.1, 0.15) is 0 Å². The Kier molecular flexibility index (Phi) is 2.88. The van der Waals surface area contributed by atoms with Crippen LogP contribution in [0.3, 0.4) is 0 Å². The van der Waals surface area contributed by atoms with Crippen molar-refractivity contribution in [3.8, 4) is 6.07 Å². The van der Waals surface area contributed by atoms with E-state index in [2.05, 4.69) is 11.4 Å². The summed E-state index contributed by atoms with van der Waals surface area (Å²) in [6.07, 6.45) is 0. The van der Waals surface area contributed by atoms with Crippen LogP contribution in [0, 0.1) is 17.2 Å². The Hall–Kier alpha value is -1.86. The number of rotatable bonds is 2. The number of nitriles is 1. The summed E-state index contributed by atoms with van der Waals surface area (Å²) in [5.74, 6) is -1.34. The number of hydrogen-bond acceptors (Lipinski definition) is 3. The van der Waals surface area contributed by atoms with Gasteiger partial charge in [0, 0.05) is 19.0 Å². The first kappa shape index (κ1) is 10.7. The molecule has 4 nitrogen and oxygen atoms in total. The van der Waals surface area contributed by atoms with E-state index in [4.69, 9.17) is 10.4 Å². The van der Waals surface area contributed by atoms with Gasteiger partial charge in [0.25, 0.3) is 0 Å². The minimum atomic E-state index is -0.803. The molecule has 1 aliphatic heterocycles. The van der Waals surface area contributed by atoms with E-state index >= 15 is 0 Å². The largest absolute Gasteiger partial charge is 0.481 e. The maximum atomic E-state index is 11.1. The van der Waals surface area contributed by atoms with Gasteiger partial charge in [-0.25, -0.2) is 0 Å². The number of carboxylic acids is 1. The lowest BCUT2D eigenvalue weighted by Crippen LogP contribution is -2.21. The quantitative estimate of drug-likeness (QED) is 0.771. The van der Waals surface area contributed by atoms with Crippen LogP contribution < -0.4 is 5.32 Å². The molecule has 0 aromatic heterocycles. The average Bonchev–Trinajstić information content (AvgIpc) is 2.77. The Morgan fingerprint density at radius 1 is 1.44 bits per heavy atom. The van der Waals surface area contributed by atoms with E-state index in [1.807, 2.05) is 12.1 Å². The molecule has 4 heteroatoms. The molecule has 0 saturated carbocycles. The summed E-state index contributed by atoms with van der Waals surface area (Å²) in [4.78, 5) is 11.1. The second kappa shape index (κ2) is 4.33. The zero-order valence-corrected chi connectivity index (χ0v) is 8.68. The van der Waals surface area contributed by atoms with Crippen molar-refractivity contribution in [2.75, 3.05) is 13.1 Å². The zero-order chi connectivity index (χ0) is 11.5. The van der Waals surface area contributed by atoms with E-state index in [0.717, 1.165) is 5.56 Å². The molecule has 0 radical (unpaired) electrons. The van der Waals surface area contributed by atoms with Crippen molar-refractivity contribution in [2.24, 2.45) is 5.92 Å². The van der Waals surface area contributed by atoms with E-state index in [9.17, 15) is 4.79 Å². The van der Waals surface area contributed by atoms with Gasteiger partial charge in [0.15, 0.2) is 0 Å². The first-order valence-electron chi connectivity index (χ1n) is 5.16. The van der Waals surface area contributed by atoms with Crippen LogP contribution in [0.25, 0.3) is 0 Å². The molecule has 1 aliphatic rings. The topological polar surface area (TPSA) is 73.1 Å². The van der Waals surface area contributed by atoms with Gasteiger partial charge in [0.05, 0.1) is 17.6 Å². The highest BCUT2D eigenvalue weighted by atomic mass is 16.4. The molecule has 2 N–H and O–H groups in total. The Morgan fingerprint density at radius 2 is 2.19 bits per heavy atom. The second-order valence-corrected chi connectivity index (χ2v) is 3.91. The van der Waals surface area contributed by atoms with Gasteiger partial charge < -0.3 is 10.4 Å². The van der Waals surface area contributed by atoms with Crippen LogP contribution in [0.5, 0.6) is 0 Å². The van der Waals surface area contributed by atoms with E-state index in [1.54, 1.807) is 12.1 Å². The van der Waals surface area contributed by atoms with Gasteiger partial charge in [-0.3, -0.25) is 4.79 Å². The summed E-state index contributed by atoms with van der Waals surface area (Å²) in [5, 5.41) is 21.1. The Labute approximate surface area is 93.5 Å². The number of nitrogens with zero attached hydrogens (tertiary/aromatic N) is 1. The summed E-state index contributed by atoms with van der Waals surface area (Å²) in [5.41, 5.74) is 1.41. The highest BCUT2D eigenvalue weighted by Gasteiger charge is 2.34. The van der Waals surface area contributed by atoms with Gasteiger partial charge in [-0.05, 0) is 11.6 Å². The van der Waals surface area contributed by atoms with Crippen molar-refractivity contribution in [3.63, 3.8) is 0 Å². The lowest BCUT2D eigenvalue weighted by Gasteiger charge is -2.15. The SMILES string of the molecule is N#Cc1ccccc1[C@H]1CNC[C@@H]1C(=O)O. The van der Waals surface area contributed by atoms with Crippen molar-refractivity contribution in [1.82, 2.24) is 5.32 Å². The van der Waals surface area contributed by atoms with Crippen molar-refractivity contribution >= 4 is 5.97 Å². The predicted octanol–water partition coefficient (Wildman–Crippen LogP) is 0.946. The maximum absolute atomic E-state index is 11.1. The molecule has 1 aromatic rings. The first-order chi connectivity index (χ1) is 7.74. The fourth-order valence-electron chi connectivity index (χ4n) is 2.19. The number of carboxylic acid groups (broad SMARTS) is 1. The fraction of sp³-hybridized carbons (Fsp3) is 0.333. The van der Waals surface area contributed by atoms with E-state index in [-0.39, 0.29) is 5.92 Å². The van der Waals surface area contributed by atoms with Crippen LogP contribution >= 0.6 is 0 Å². The summed E-state index contributed by atoms with van der Waals surface area (Å²) in [6, 6.07) is 9.31. The maximum Gasteiger partial charge on any atom is 0.308 e. The predicted molar refractivity (Wildman–Crippen MR) is 57.9 cm³/mol. The van der Waals surface area contributed by atoms with Gasteiger partial charge in [0.2, 0.25) is 0 Å². The summed E-state index contributed by atoms with van der Waals surface area (Å²) < 4.78 is 0. The number of nitrogens with one attached hydrogen (secondary N) is 1. The third kappa shape index (κ3) is 1.77. The Bertz CT molecular complexity index is 451. The summed E-state index contributed by atoms with van der Waals surface area (Å²) in [6.45, 7) is 1.09. The molecule has 0 bridgehead atoms. The Morgan fingerprint density at radius 3 is 2.88 bits per heavy atom. The van der Waals surface area contributed by atoms with E-state index < -0.39 is 11.9 Å². The summed E-state index contributed by atoms with van der Waals surface area (Å²) >= 11 is 0. The number of aliphatic carboxylic acids is 1. The van der Waals surface area contributed by atoms with Gasteiger partial charge in [-0.15, -0.1) is 0 Å². The van der Waals surface area contributed by atoms with Crippen molar-refractivity contribution < 1.29 is 9.90 Å². The second-order valence-electron chi connectivity index (χ2n) is 3.91. The van der Waals surface area contributed by atoms with E-state index in [0.29, 0.717) is 18.7 Å². The molecule has 82 valence electrons. The number of carbonyl (C=O) groups is 1. The molecule has 1 aromatic carbocycles. The van der Waals surface area contributed by atoms with Gasteiger partial charge >= 0.3 is 5.97 Å². The summed E-state index contributed by atoms with van der Waals surface area (Å²) in [7, 11) is 0. The third-order valence-electron chi connectivity index (χ3n) is 3.01. The van der Waals surface area contributed by atoms with Gasteiger partial charge in [-0.1, -0.05) is 18.2 Å². The average molecular weight is 216 g/mol. The standard InChI is InChI=1S/C12H12N2O2/c13-5-8-3-1-2-4-9(8)10-6-14-7-11(10)12(15)16/h1-4,10-11,14H,6-7H2,(H,15,16)/t10-,11+/m1/s1. The molecule has 2 rings (SSSR count). The Balaban J connectivity index is 2.37. The lowest BCUT2D eigenvalue weighted by molar-refractivity contribution is -0.141. The minimum Gasteiger partial charge on any atom is -0.481 e. The molecule has 2 atom stereocenters. The van der Waals surface area contributed by atoms with Crippen LogP contribution in [0.4, 0.5) is 0 Å². The van der Waals surface area contributed by atoms with Crippen LogP contribution in [-0.4, -0.2) is 24.2 Å². The third-order valence-corrected chi connectivity index (χ3v) is 3.01. The van der Waals surface area contributed by atoms with E-state index in [1.165, 1.54) is 0 Å². The molecule has 1 heterocycles. The lowest BCUT2D eigenvalue weighted by atomic mass is 9.86. The molecule has 1 fully saturated rings. The number of hydrogen-bond donors (Lipinski definition) is 2. The molecular weight excluding hydrogens is 204 g/mol. The molecule has 0 unspecified atom stereocenters. The molecule has 16 heavy (non-hydrogen) atoms. The van der Waals surface area contributed by atoms with Crippen LogP contribution in [0.15, 0.2) is 24.3 Å². The van der Waals surface area contributed by atoms with Crippen molar-refractivity contribution in [3.05, 3.63) is 35.4 Å². The zero-order valence-electron chi connectivity index (χ0n) is 8.68. The van der Waals surface area contributed by atoms with Crippen LogP contribution in [0.1, 0.15) is 17.0 Å². The van der Waals surface area contributed by atoms with Crippen molar-refractivity contribution in [2.45, 2.75) is 5.92 Å². The minimum absolute atomic E-state index is 0.103. The van der Waals surface area contributed by atoms with Crippen LogP contribution in [-0.2, 0) is 4.79 Å². The van der Waals surface area contributed by atoms with Crippen LogP contribution in [0.2, 0.25) is 0 Å². The molecular formula is C12H12N2O2. The molecule has 0 spiro atoms. The van der Waals surface area contributed by atoms with Crippen molar-refractivity contribution in [1.29, 1.82) is 5.26 Å². The smallest absolute Gasteiger partial charge is 0.308 e. The molecule has 0 amide bonds. The normalized spacial score (nSPS) is 23.9. The molecule has 1 saturated heterocycles. The monoisotopic (exact) mass is 216 g/mol. The highest BCUT2D eigenvalue weighted by molar-refractivity contribution is 5.72.